The lowest BCUT2D eigenvalue weighted by Gasteiger charge is -2.28. The maximum atomic E-state index is 13.4. The first kappa shape index (κ1) is 23.0. The van der Waals surface area contributed by atoms with Crippen molar-refractivity contribution < 1.29 is 14.3 Å². The molecule has 2 aromatic carbocycles. The Morgan fingerprint density at radius 2 is 1.82 bits per heavy atom. The summed E-state index contributed by atoms with van der Waals surface area (Å²) in [5.74, 6) is -0.685. The van der Waals surface area contributed by atoms with Gasteiger partial charge in [-0.25, -0.2) is 9.48 Å². The zero-order chi connectivity index (χ0) is 23.7. The molecule has 8 nitrogen and oxygen atoms in total. The molecule has 0 radical (unpaired) electrons. The fourth-order valence-corrected chi connectivity index (χ4v) is 3.87. The van der Waals surface area contributed by atoms with Crippen molar-refractivity contribution in [3.63, 3.8) is 0 Å². The number of aromatic nitrogens is 3. The predicted molar refractivity (Wildman–Crippen MR) is 129 cm³/mol. The summed E-state index contributed by atoms with van der Waals surface area (Å²) in [6.07, 6.45) is -0.311. The molecule has 1 aromatic heterocycles. The van der Waals surface area contributed by atoms with E-state index < -0.39 is 12.0 Å². The molecule has 0 saturated carbocycles. The third kappa shape index (κ3) is 4.94. The first-order valence-corrected chi connectivity index (χ1v) is 11.4. The molecule has 1 unspecified atom stereocenters. The van der Waals surface area contributed by atoms with Crippen LogP contribution < -0.4 is 10.6 Å². The normalized spacial score (nSPS) is 15.2. The molecular formula is C23H21BrClN5O3. The fraction of sp³-hybridized carbons (Fsp3) is 0.217. The van der Waals surface area contributed by atoms with Gasteiger partial charge in [0.25, 0.3) is 11.7 Å². The van der Waals surface area contributed by atoms with E-state index in [0.29, 0.717) is 27.9 Å². The summed E-state index contributed by atoms with van der Waals surface area (Å²) in [7, 11) is 0. The number of nitrogens with one attached hydrogen (secondary N) is 2. The number of benzene rings is 2. The van der Waals surface area contributed by atoms with Crippen LogP contribution in [0.1, 0.15) is 43.0 Å². The molecule has 1 aliphatic rings. The van der Waals surface area contributed by atoms with E-state index in [1.54, 1.807) is 45.0 Å². The van der Waals surface area contributed by atoms with Crippen LogP contribution in [0.3, 0.4) is 0 Å². The van der Waals surface area contributed by atoms with E-state index in [1.165, 1.54) is 4.68 Å². The quantitative estimate of drug-likeness (QED) is 0.441. The second kappa shape index (κ2) is 9.36. The summed E-state index contributed by atoms with van der Waals surface area (Å²) in [5.41, 5.74) is 2.44. The molecule has 2 heterocycles. The molecule has 1 aliphatic heterocycles. The molecule has 4 rings (SSSR count). The Labute approximate surface area is 204 Å². The molecule has 2 N–H and O–H groups in total. The lowest BCUT2D eigenvalue weighted by molar-refractivity contribution is -0.113. The predicted octanol–water partition coefficient (Wildman–Crippen LogP) is 5.19. The van der Waals surface area contributed by atoms with Crippen molar-refractivity contribution >= 4 is 51.0 Å². The van der Waals surface area contributed by atoms with E-state index in [0.717, 1.165) is 10.0 Å². The van der Waals surface area contributed by atoms with Crippen LogP contribution in [-0.2, 0) is 9.53 Å². The minimum absolute atomic E-state index is 0.0829. The fourth-order valence-electron chi connectivity index (χ4n) is 3.48. The summed E-state index contributed by atoms with van der Waals surface area (Å²) in [4.78, 5) is 30.1. The zero-order valence-corrected chi connectivity index (χ0v) is 20.4. The minimum atomic E-state index is -0.631. The van der Waals surface area contributed by atoms with Gasteiger partial charge >= 0.3 is 5.97 Å². The van der Waals surface area contributed by atoms with Crippen molar-refractivity contribution in [1.82, 2.24) is 14.8 Å². The van der Waals surface area contributed by atoms with Gasteiger partial charge in [0.2, 0.25) is 5.95 Å². The molecule has 0 bridgehead atoms. The Hall–Kier alpha value is -3.17. The summed E-state index contributed by atoms with van der Waals surface area (Å²) >= 11 is 9.40. The highest BCUT2D eigenvalue weighted by Gasteiger charge is 2.35. The molecule has 3 aromatic rings. The first-order chi connectivity index (χ1) is 15.7. The Kier molecular flexibility index (Phi) is 6.53. The van der Waals surface area contributed by atoms with Crippen molar-refractivity contribution in [3.05, 3.63) is 80.7 Å². The Morgan fingerprint density at radius 3 is 2.45 bits per heavy atom. The van der Waals surface area contributed by atoms with Crippen LogP contribution in [-0.4, -0.2) is 32.7 Å². The van der Waals surface area contributed by atoms with E-state index in [2.05, 4.69) is 36.6 Å². The number of ether oxygens (including phenoxy) is 1. The second-order valence-corrected chi connectivity index (χ2v) is 9.09. The van der Waals surface area contributed by atoms with Crippen molar-refractivity contribution in [2.24, 2.45) is 0 Å². The van der Waals surface area contributed by atoms with Crippen LogP contribution in [0.4, 0.5) is 11.6 Å². The number of halogens is 2. The van der Waals surface area contributed by atoms with Crippen molar-refractivity contribution in [3.8, 4) is 0 Å². The monoisotopic (exact) mass is 529 g/mol. The number of carbonyl (C=O) groups is 2. The third-order valence-corrected chi connectivity index (χ3v) is 5.69. The highest BCUT2D eigenvalue weighted by Crippen LogP contribution is 2.36. The van der Waals surface area contributed by atoms with Crippen LogP contribution in [0, 0.1) is 0 Å². The SMILES string of the molecule is CC1=C(C(=O)Nc2ccc(Cl)cc2)C(c2ccc(Br)cc2)n2nc(C(=O)OC(C)C)nc2N1. The number of esters is 1. The van der Waals surface area contributed by atoms with Gasteiger partial charge in [-0.05, 0) is 62.7 Å². The maximum Gasteiger partial charge on any atom is 0.378 e. The molecule has 0 saturated heterocycles. The Bertz CT molecular complexity index is 1240. The summed E-state index contributed by atoms with van der Waals surface area (Å²) < 4.78 is 7.67. The van der Waals surface area contributed by atoms with Gasteiger partial charge in [-0.15, -0.1) is 5.10 Å². The lowest BCUT2D eigenvalue weighted by atomic mass is 9.95. The summed E-state index contributed by atoms with van der Waals surface area (Å²) in [5, 5.41) is 11.0. The number of carbonyl (C=O) groups excluding carboxylic acids is 2. The van der Waals surface area contributed by atoms with Crippen molar-refractivity contribution in [2.75, 3.05) is 10.6 Å². The van der Waals surface area contributed by atoms with Crippen molar-refractivity contribution in [2.45, 2.75) is 32.9 Å². The lowest BCUT2D eigenvalue weighted by Crippen LogP contribution is -2.31. The molecule has 10 heteroatoms. The number of rotatable bonds is 5. The minimum Gasteiger partial charge on any atom is -0.457 e. The van der Waals surface area contributed by atoms with E-state index >= 15 is 0 Å². The van der Waals surface area contributed by atoms with Gasteiger partial charge in [0.15, 0.2) is 0 Å². The molecule has 1 amide bonds. The van der Waals surface area contributed by atoms with E-state index in [9.17, 15) is 9.59 Å². The average Bonchev–Trinajstić information content (AvgIpc) is 3.18. The van der Waals surface area contributed by atoms with Crippen LogP contribution in [0.15, 0.2) is 64.3 Å². The molecule has 0 fully saturated rings. The van der Waals surface area contributed by atoms with Gasteiger partial charge in [-0.1, -0.05) is 39.7 Å². The molecular weight excluding hydrogens is 510 g/mol. The number of anilines is 2. The first-order valence-electron chi connectivity index (χ1n) is 10.2. The molecule has 0 aliphatic carbocycles. The molecule has 0 spiro atoms. The second-order valence-electron chi connectivity index (χ2n) is 7.74. The number of hydrogen-bond donors (Lipinski definition) is 2. The van der Waals surface area contributed by atoms with Crippen LogP contribution in [0.25, 0.3) is 0 Å². The molecule has 1 atom stereocenters. The maximum absolute atomic E-state index is 13.4. The Balaban J connectivity index is 1.76. The Morgan fingerprint density at radius 1 is 1.15 bits per heavy atom. The van der Waals surface area contributed by atoms with Gasteiger partial charge in [-0.2, -0.15) is 4.98 Å². The smallest absolute Gasteiger partial charge is 0.378 e. The highest BCUT2D eigenvalue weighted by molar-refractivity contribution is 9.10. The van der Waals surface area contributed by atoms with Crippen LogP contribution >= 0.6 is 27.5 Å². The largest absolute Gasteiger partial charge is 0.457 e. The van der Waals surface area contributed by atoms with Gasteiger partial charge in [-0.3, -0.25) is 4.79 Å². The van der Waals surface area contributed by atoms with Crippen molar-refractivity contribution in [1.29, 1.82) is 0 Å². The average molecular weight is 531 g/mol. The van der Waals surface area contributed by atoms with Crippen LogP contribution in [0.5, 0.6) is 0 Å². The molecule has 170 valence electrons. The zero-order valence-electron chi connectivity index (χ0n) is 18.1. The van der Waals surface area contributed by atoms with Crippen LogP contribution in [0.2, 0.25) is 5.02 Å². The highest BCUT2D eigenvalue weighted by atomic mass is 79.9. The molecule has 33 heavy (non-hydrogen) atoms. The number of fused-ring (bicyclic) bond motifs is 1. The number of hydrogen-bond acceptors (Lipinski definition) is 6. The van der Waals surface area contributed by atoms with Gasteiger partial charge in [0.1, 0.15) is 6.04 Å². The van der Waals surface area contributed by atoms with Gasteiger partial charge < -0.3 is 15.4 Å². The van der Waals surface area contributed by atoms with Gasteiger partial charge in [0.05, 0.1) is 11.7 Å². The van der Waals surface area contributed by atoms with Gasteiger partial charge in [0, 0.05) is 20.9 Å². The van der Waals surface area contributed by atoms with E-state index in [4.69, 9.17) is 16.3 Å². The third-order valence-electron chi connectivity index (χ3n) is 4.91. The number of allylic oxidation sites excluding steroid dienone is 1. The number of nitrogens with zero attached hydrogens (tertiary/aromatic N) is 3. The van der Waals surface area contributed by atoms with E-state index in [-0.39, 0.29) is 17.8 Å². The number of amides is 1. The summed E-state index contributed by atoms with van der Waals surface area (Å²) in [6, 6.07) is 13.8. The summed E-state index contributed by atoms with van der Waals surface area (Å²) in [6.45, 7) is 5.29. The topological polar surface area (TPSA) is 98.1 Å². The standard InChI is InChI=1S/C23H21BrClN5O3/c1-12(2)33-22(32)20-28-23-26-13(3)18(21(31)27-17-10-8-16(25)9-11-17)19(30(23)29-20)14-4-6-15(24)7-5-14/h4-12,19H,1-3H3,(H,27,31)(H,26,28,29). The van der Waals surface area contributed by atoms with E-state index in [1.807, 2.05) is 24.3 Å².